The molecule has 0 radical (unpaired) electrons. The van der Waals surface area contributed by atoms with Gasteiger partial charge in [0.05, 0.1) is 5.56 Å². The normalized spacial score (nSPS) is 10.5. The summed E-state index contributed by atoms with van der Waals surface area (Å²) in [6.07, 6.45) is 1.10. The van der Waals surface area contributed by atoms with Crippen molar-refractivity contribution in [1.29, 1.82) is 5.41 Å². The number of aromatic nitrogens is 1. The van der Waals surface area contributed by atoms with E-state index in [2.05, 4.69) is 4.98 Å². The fourth-order valence-electron chi connectivity index (χ4n) is 1.32. The van der Waals surface area contributed by atoms with Gasteiger partial charge in [-0.25, -0.2) is 0 Å². The molecular formula is C9H7ClN2O. The molecular weight excluding hydrogens is 188 g/mol. The molecule has 3 nitrogen and oxygen atoms in total. The van der Waals surface area contributed by atoms with Crippen LogP contribution in [0, 0.1) is 5.41 Å². The van der Waals surface area contributed by atoms with Gasteiger partial charge in [-0.1, -0.05) is 11.6 Å². The lowest BCUT2D eigenvalue weighted by molar-refractivity contribution is 0.457. The standard InChI is InChI=1S/C9H7ClN2O/c10-5-1-2-8-6(3-5)7(4-11)9(13)12-8/h1-4,11-13H. The van der Waals surface area contributed by atoms with Crippen LogP contribution in [0.1, 0.15) is 5.56 Å². The molecule has 2 rings (SSSR count). The molecule has 0 fully saturated rings. The minimum absolute atomic E-state index is 0.00673. The first kappa shape index (κ1) is 8.13. The molecule has 0 saturated carbocycles. The van der Waals surface area contributed by atoms with Gasteiger partial charge in [-0.05, 0) is 18.2 Å². The summed E-state index contributed by atoms with van der Waals surface area (Å²) in [5, 5.41) is 17.8. The fraction of sp³-hybridized carbons (Fsp3) is 0. The largest absolute Gasteiger partial charge is 0.494 e. The number of halogens is 1. The van der Waals surface area contributed by atoms with Crippen LogP contribution in [0.25, 0.3) is 10.9 Å². The summed E-state index contributed by atoms with van der Waals surface area (Å²) in [5.41, 5.74) is 1.25. The molecule has 0 unspecified atom stereocenters. The van der Waals surface area contributed by atoms with Crippen molar-refractivity contribution in [1.82, 2.24) is 4.98 Å². The van der Waals surface area contributed by atoms with Crippen molar-refractivity contribution in [2.45, 2.75) is 0 Å². The minimum atomic E-state index is 0.00673. The van der Waals surface area contributed by atoms with Gasteiger partial charge in [0.15, 0.2) is 5.88 Å². The molecule has 0 amide bonds. The number of hydrogen-bond acceptors (Lipinski definition) is 2. The van der Waals surface area contributed by atoms with Gasteiger partial charge in [0.1, 0.15) is 0 Å². The maximum absolute atomic E-state index is 9.38. The predicted octanol–water partition coefficient (Wildman–Crippen LogP) is 2.52. The van der Waals surface area contributed by atoms with Crippen LogP contribution in [-0.4, -0.2) is 16.3 Å². The average Bonchev–Trinajstić information content (AvgIpc) is 2.40. The minimum Gasteiger partial charge on any atom is -0.494 e. The number of aromatic amines is 1. The summed E-state index contributed by atoms with van der Waals surface area (Å²) in [4.78, 5) is 2.75. The SMILES string of the molecule is N=Cc1c(O)[nH]c2ccc(Cl)cc12. The molecule has 1 aromatic heterocycles. The van der Waals surface area contributed by atoms with Crippen molar-refractivity contribution >= 4 is 28.7 Å². The molecule has 3 N–H and O–H groups in total. The third-order valence-corrected chi connectivity index (χ3v) is 2.16. The first-order valence-corrected chi connectivity index (χ1v) is 4.11. The van der Waals surface area contributed by atoms with E-state index in [0.29, 0.717) is 10.6 Å². The lowest BCUT2D eigenvalue weighted by Crippen LogP contribution is -1.75. The van der Waals surface area contributed by atoms with Gasteiger partial charge in [-0.15, -0.1) is 0 Å². The predicted molar refractivity (Wildman–Crippen MR) is 52.9 cm³/mol. The molecule has 0 aliphatic carbocycles. The van der Waals surface area contributed by atoms with Gasteiger partial charge in [-0.3, -0.25) is 0 Å². The Kier molecular flexibility index (Phi) is 1.74. The van der Waals surface area contributed by atoms with Crippen LogP contribution in [0.3, 0.4) is 0 Å². The van der Waals surface area contributed by atoms with Crippen LogP contribution < -0.4 is 0 Å². The van der Waals surface area contributed by atoms with E-state index in [0.717, 1.165) is 17.1 Å². The molecule has 0 bridgehead atoms. The molecule has 13 heavy (non-hydrogen) atoms. The smallest absolute Gasteiger partial charge is 0.198 e. The Hall–Kier alpha value is -1.48. The molecule has 0 spiro atoms. The molecule has 4 heteroatoms. The van der Waals surface area contributed by atoms with Crippen molar-refractivity contribution < 1.29 is 5.11 Å². The lowest BCUT2D eigenvalue weighted by atomic mass is 10.2. The van der Waals surface area contributed by atoms with Gasteiger partial charge >= 0.3 is 0 Å². The van der Waals surface area contributed by atoms with Crippen molar-refractivity contribution in [3.63, 3.8) is 0 Å². The van der Waals surface area contributed by atoms with Gasteiger partial charge in [0.2, 0.25) is 0 Å². The van der Waals surface area contributed by atoms with Crippen LogP contribution in [0.5, 0.6) is 5.88 Å². The number of rotatable bonds is 1. The van der Waals surface area contributed by atoms with Crippen LogP contribution in [0.15, 0.2) is 18.2 Å². The Morgan fingerprint density at radius 1 is 1.46 bits per heavy atom. The van der Waals surface area contributed by atoms with E-state index < -0.39 is 0 Å². The van der Waals surface area contributed by atoms with Crippen molar-refractivity contribution in [3.05, 3.63) is 28.8 Å². The third kappa shape index (κ3) is 1.17. The van der Waals surface area contributed by atoms with Gasteiger partial charge in [-0.2, -0.15) is 0 Å². The number of nitrogens with one attached hydrogen (secondary N) is 2. The number of aromatic hydroxyl groups is 1. The lowest BCUT2D eigenvalue weighted by Gasteiger charge is -1.91. The summed E-state index contributed by atoms with van der Waals surface area (Å²) in [5.74, 6) is 0.00673. The maximum Gasteiger partial charge on any atom is 0.198 e. The average molecular weight is 195 g/mol. The highest BCUT2D eigenvalue weighted by molar-refractivity contribution is 6.31. The summed E-state index contributed by atoms with van der Waals surface area (Å²) in [6.45, 7) is 0. The Morgan fingerprint density at radius 2 is 2.23 bits per heavy atom. The van der Waals surface area contributed by atoms with Crippen molar-refractivity contribution in [2.75, 3.05) is 0 Å². The number of H-pyrrole nitrogens is 1. The highest BCUT2D eigenvalue weighted by Gasteiger charge is 2.07. The molecule has 0 saturated heterocycles. The Morgan fingerprint density at radius 3 is 2.92 bits per heavy atom. The van der Waals surface area contributed by atoms with Gasteiger partial charge in [0, 0.05) is 22.1 Å². The fourth-order valence-corrected chi connectivity index (χ4v) is 1.49. The third-order valence-electron chi connectivity index (χ3n) is 1.92. The highest BCUT2D eigenvalue weighted by Crippen LogP contribution is 2.27. The quantitative estimate of drug-likeness (QED) is 0.601. The second kappa shape index (κ2) is 2.78. The van der Waals surface area contributed by atoms with E-state index in [-0.39, 0.29) is 5.88 Å². The number of benzene rings is 1. The zero-order valence-electron chi connectivity index (χ0n) is 6.63. The zero-order chi connectivity index (χ0) is 9.42. The van der Waals surface area contributed by atoms with Crippen LogP contribution in [0.4, 0.5) is 0 Å². The Bertz CT molecular complexity index is 476. The highest BCUT2D eigenvalue weighted by atomic mass is 35.5. The van der Waals surface area contributed by atoms with Gasteiger partial charge in [0.25, 0.3) is 0 Å². The van der Waals surface area contributed by atoms with Gasteiger partial charge < -0.3 is 15.5 Å². The topological polar surface area (TPSA) is 59.9 Å². The van der Waals surface area contributed by atoms with E-state index in [1.807, 2.05) is 0 Å². The first-order chi connectivity index (χ1) is 6.22. The Balaban J connectivity index is 2.88. The van der Waals surface area contributed by atoms with Crippen LogP contribution in [0.2, 0.25) is 5.02 Å². The molecule has 66 valence electrons. The first-order valence-electron chi connectivity index (χ1n) is 3.73. The van der Waals surface area contributed by atoms with Crippen molar-refractivity contribution in [3.8, 4) is 5.88 Å². The number of hydrogen-bond donors (Lipinski definition) is 3. The van der Waals surface area contributed by atoms with E-state index in [1.54, 1.807) is 18.2 Å². The van der Waals surface area contributed by atoms with Crippen LogP contribution >= 0.6 is 11.6 Å². The summed E-state index contributed by atoms with van der Waals surface area (Å²) < 4.78 is 0. The molecule has 0 atom stereocenters. The molecule has 2 aromatic rings. The van der Waals surface area contributed by atoms with Crippen molar-refractivity contribution in [2.24, 2.45) is 0 Å². The van der Waals surface area contributed by atoms with E-state index in [9.17, 15) is 5.11 Å². The molecule has 0 aliphatic rings. The number of fused-ring (bicyclic) bond motifs is 1. The zero-order valence-corrected chi connectivity index (χ0v) is 7.39. The summed E-state index contributed by atoms with van der Waals surface area (Å²) in [7, 11) is 0. The molecule has 1 aromatic carbocycles. The summed E-state index contributed by atoms with van der Waals surface area (Å²) >= 11 is 5.79. The maximum atomic E-state index is 9.38. The molecule has 0 aliphatic heterocycles. The Labute approximate surface area is 79.5 Å². The molecule has 1 heterocycles. The van der Waals surface area contributed by atoms with E-state index in [4.69, 9.17) is 17.0 Å². The van der Waals surface area contributed by atoms with Crippen LogP contribution in [-0.2, 0) is 0 Å². The van der Waals surface area contributed by atoms with E-state index >= 15 is 0 Å². The van der Waals surface area contributed by atoms with E-state index in [1.165, 1.54) is 0 Å². The summed E-state index contributed by atoms with van der Waals surface area (Å²) in [6, 6.07) is 5.21. The monoisotopic (exact) mass is 194 g/mol. The second-order valence-corrected chi connectivity index (χ2v) is 3.16. The second-order valence-electron chi connectivity index (χ2n) is 2.72.